The normalized spacial score (nSPS) is 13.6. The van der Waals surface area contributed by atoms with Gasteiger partial charge in [-0.3, -0.25) is 18.6 Å². The van der Waals surface area contributed by atoms with E-state index in [9.17, 15) is 19.0 Å². The number of phosphoric ester groups is 1. The molecule has 9 nitrogen and oxygen atoms in total. The molecule has 0 radical (unpaired) electrons. The van der Waals surface area contributed by atoms with Crippen molar-refractivity contribution in [2.24, 2.45) is 0 Å². The zero-order chi connectivity index (χ0) is 51.3. The maximum absolute atomic E-state index is 12.8. The van der Waals surface area contributed by atoms with Gasteiger partial charge in [0.15, 0.2) is 6.10 Å². The van der Waals surface area contributed by atoms with E-state index in [-0.39, 0.29) is 32.0 Å². The summed E-state index contributed by atoms with van der Waals surface area (Å²) in [7, 11) is 1.48. The van der Waals surface area contributed by atoms with Crippen molar-refractivity contribution >= 4 is 19.8 Å². The van der Waals surface area contributed by atoms with E-state index in [0.29, 0.717) is 17.4 Å². The van der Waals surface area contributed by atoms with E-state index in [1.165, 1.54) is 193 Å². The molecule has 0 saturated heterocycles. The summed E-state index contributed by atoms with van der Waals surface area (Å²) in [6.07, 6.45) is 64.6. The molecule has 0 aliphatic carbocycles. The van der Waals surface area contributed by atoms with Crippen molar-refractivity contribution in [3.8, 4) is 0 Å². The van der Waals surface area contributed by atoms with Crippen LogP contribution in [0.5, 0.6) is 0 Å². The Balaban J connectivity index is 4.13. The largest absolute Gasteiger partial charge is 0.472 e. The van der Waals surface area contributed by atoms with E-state index < -0.39 is 26.5 Å². The fourth-order valence-electron chi connectivity index (χ4n) is 8.25. The van der Waals surface area contributed by atoms with Gasteiger partial charge in [0.25, 0.3) is 0 Å². The summed E-state index contributed by atoms with van der Waals surface area (Å²) in [5.74, 6) is -0.793. The molecular formula is C60H113NO8P+. The predicted octanol–water partition coefficient (Wildman–Crippen LogP) is 18.1. The average molecular weight is 1010 g/mol. The number of quaternary nitrogens is 1. The summed E-state index contributed by atoms with van der Waals surface area (Å²) in [5, 5.41) is 0. The van der Waals surface area contributed by atoms with Crippen LogP contribution in [0.2, 0.25) is 0 Å². The highest BCUT2D eigenvalue weighted by Gasteiger charge is 2.27. The number of unbranched alkanes of at least 4 members (excludes halogenated alkanes) is 32. The third-order valence-corrected chi connectivity index (χ3v) is 13.8. The first-order chi connectivity index (χ1) is 34.0. The van der Waals surface area contributed by atoms with Crippen LogP contribution in [-0.2, 0) is 32.7 Å². The minimum absolute atomic E-state index is 0.0311. The van der Waals surface area contributed by atoms with Gasteiger partial charge in [-0.05, 0) is 77.0 Å². The van der Waals surface area contributed by atoms with Gasteiger partial charge in [0.1, 0.15) is 19.8 Å². The molecule has 0 saturated carbocycles. The molecule has 410 valence electrons. The molecule has 2 atom stereocenters. The fourth-order valence-corrected chi connectivity index (χ4v) is 9.00. The maximum Gasteiger partial charge on any atom is 0.472 e. The number of phosphoric acid groups is 1. The number of hydrogen-bond donors (Lipinski definition) is 1. The Morgan fingerprint density at radius 1 is 0.443 bits per heavy atom. The zero-order valence-corrected chi connectivity index (χ0v) is 47.4. The molecule has 0 aromatic heterocycles. The number of carbonyl (C=O) groups is 2. The van der Waals surface area contributed by atoms with Crippen LogP contribution in [0.1, 0.15) is 271 Å². The summed E-state index contributed by atoms with van der Waals surface area (Å²) in [4.78, 5) is 35.7. The Hall–Kier alpha value is -2.03. The lowest BCUT2D eigenvalue weighted by Gasteiger charge is -2.24. The lowest BCUT2D eigenvalue weighted by Crippen LogP contribution is -2.37. The molecule has 0 aromatic carbocycles. The van der Waals surface area contributed by atoms with Crippen LogP contribution >= 0.6 is 7.82 Å². The number of esters is 2. The molecule has 2 unspecified atom stereocenters. The monoisotopic (exact) mass is 1010 g/mol. The highest BCUT2D eigenvalue weighted by Crippen LogP contribution is 2.43. The van der Waals surface area contributed by atoms with Crippen molar-refractivity contribution in [2.75, 3.05) is 47.5 Å². The van der Waals surface area contributed by atoms with Crippen molar-refractivity contribution in [2.45, 2.75) is 277 Å². The molecule has 1 N–H and O–H groups in total. The van der Waals surface area contributed by atoms with Crippen LogP contribution < -0.4 is 0 Å². The second kappa shape index (κ2) is 51.9. The highest BCUT2D eigenvalue weighted by molar-refractivity contribution is 7.47. The molecule has 0 heterocycles. The van der Waals surface area contributed by atoms with Gasteiger partial charge in [0, 0.05) is 12.8 Å². The fraction of sp³-hybridized carbons (Fsp3) is 0.833. The van der Waals surface area contributed by atoms with Gasteiger partial charge < -0.3 is 18.9 Å². The first-order valence-electron chi connectivity index (χ1n) is 29.4. The Labute approximate surface area is 433 Å². The number of carbonyl (C=O) groups excluding carboxylic acids is 2. The molecule has 0 amide bonds. The number of ether oxygens (including phenoxy) is 2. The van der Waals surface area contributed by atoms with E-state index in [2.05, 4.69) is 62.5 Å². The van der Waals surface area contributed by atoms with E-state index in [1.54, 1.807) is 0 Å². The molecule has 0 aromatic rings. The van der Waals surface area contributed by atoms with Gasteiger partial charge in [0.05, 0.1) is 27.7 Å². The summed E-state index contributed by atoms with van der Waals surface area (Å²) < 4.78 is 34.6. The van der Waals surface area contributed by atoms with Gasteiger partial charge in [-0.1, -0.05) is 229 Å². The van der Waals surface area contributed by atoms with E-state index >= 15 is 0 Å². The summed E-state index contributed by atoms with van der Waals surface area (Å²) in [5.41, 5.74) is 0. The van der Waals surface area contributed by atoms with E-state index in [0.717, 1.165) is 44.9 Å². The number of nitrogens with zero attached hydrogens (tertiary/aromatic N) is 1. The molecule has 0 aliphatic rings. The van der Waals surface area contributed by atoms with Crippen LogP contribution in [0.3, 0.4) is 0 Å². The Kier molecular flexibility index (Phi) is 50.4. The molecule has 0 bridgehead atoms. The first-order valence-corrected chi connectivity index (χ1v) is 30.9. The van der Waals surface area contributed by atoms with E-state index in [1.807, 2.05) is 21.1 Å². The number of likely N-dealkylation sites (N-methyl/N-ethyl adjacent to an activating group) is 1. The Bertz CT molecular complexity index is 1320. The molecular weight excluding hydrogens is 894 g/mol. The van der Waals surface area contributed by atoms with Crippen molar-refractivity contribution in [1.82, 2.24) is 0 Å². The van der Waals surface area contributed by atoms with Crippen LogP contribution in [0.4, 0.5) is 0 Å². The summed E-state index contributed by atoms with van der Waals surface area (Å²) in [6, 6.07) is 0. The minimum Gasteiger partial charge on any atom is -0.462 e. The molecule has 10 heteroatoms. The lowest BCUT2D eigenvalue weighted by molar-refractivity contribution is -0.870. The maximum atomic E-state index is 12.8. The third kappa shape index (κ3) is 55.3. The molecule has 0 rings (SSSR count). The second-order valence-electron chi connectivity index (χ2n) is 21.0. The summed E-state index contributed by atoms with van der Waals surface area (Å²) >= 11 is 0. The van der Waals surface area contributed by atoms with E-state index in [4.69, 9.17) is 18.5 Å². The average Bonchev–Trinajstić information content (AvgIpc) is 3.32. The van der Waals surface area contributed by atoms with Gasteiger partial charge in [-0.15, -0.1) is 0 Å². The topological polar surface area (TPSA) is 108 Å². The first kappa shape index (κ1) is 68.0. The van der Waals surface area contributed by atoms with Gasteiger partial charge in [-0.25, -0.2) is 4.57 Å². The number of rotatable bonds is 54. The molecule has 0 fully saturated rings. The van der Waals surface area contributed by atoms with Crippen molar-refractivity contribution in [1.29, 1.82) is 0 Å². The predicted molar refractivity (Wildman–Crippen MR) is 298 cm³/mol. The Morgan fingerprint density at radius 3 is 1.16 bits per heavy atom. The van der Waals surface area contributed by atoms with Crippen LogP contribution in [-0.4, -0.2) is 74.9 Å². The summed E-state index contributed by atoms with van der Waals surface area (Å²) in [6.45, 7) is 4.42. The third-order valence-electron chi connectivity index (χ3n) is 12.8. The molecule has 70 heavy (non-hydrogen) atoms. The van der Waals surface area contributed by atoms with Crippen LogP contribution in [0.25, 0.3) is 0 Å². The smallest absolute Gasteiger partial charge is 0.462 e. The van der Waals surface area contributed by atoms with Gasteiger partial charge >= 0.3 is 19.8 Å². The minimum atomic E-state index is -4.39. The lowest BCUT2D eigenvalue weighted by atomic mass is 10.0. The highest BCUT2D eigenvalue weighted by atomic mass is 31.2. The van der Waals surface area contributed by atoms with Gasteiger partial charge in [0.2, 0.25) is 0 Å². The molecule has 0 aliphatic heterocycles. The van der Waals surface area contributed by atoms with Crippen molar-refractivity contribution in [3.63, 3.8) is 0 Å². The number of hydrogen-bond acceptors (Lipinski definition) is 7. The van der Waals surface area contributed by atoms with Crippen molar-refractivity contribution in [3.05, 3.63) is 48.6 Å². The van der Waals surface area contributed by atoms with Crippen LogP contribution in [0, 0.1) is 0 Å². The Morgan fingerprint density at radius 2 is 0.771 bits per heavy atom. The van der Waals surface area contributed by atoms with Crippen molar-refractivity contribution < 1.29 is 42.1 Å². The van der Waals surface area contributed by atoms with Crippen LogP contribution in [0.15, 0.2) is 48.6 Å². The second-order valence-corrected chi connectivity index (χ2v) is 22.5. The standard InChI is InChI=1S/C60H112NO8P/c1-6-8-10-12-14-16-18-20-22-24-26-27-28-29-30-31-32-33-35-37-39-41-43-45-47-49-51-53-60(63)69-58(57-68-70(64,65)67-55-54-61(3,4)5)56-66-59(62)52-50-48-46-44-42-40-38-36-34-25-23-21-19-17-15-13-11-9-7-2/h15,17-18,20-21,23-24,26,58H,6-14,16,19,22,25,27-57H2,1-5H3/p+1/b17-15-,20-18-,23-21-,26-24-. The zero-order valence-electron chi connectivity index (χ0n) is 46.5. The van der Waals surface area contributed by atoms with Gasteiger partial charge in [-0.2, -0.15) is 0 Å². The quantitative estimate of drug-likeness (QED) is 0.0211. The molecule has 0 spiro atoms. The number of allylic oxidation sites excluding steroid dienone is 8. The SMILES string of the molecule is CCCCC/C=C\C/C=C\CCCCCCCCCCCC(=O)OCC(COP(=O)(O)OCC[N+](C)(C)C)OC(=O)CCCCCCCCCCCCCCCCC/C=C\C/C=C\CCCCCCC.